The summed E-state index contributed by atoms with van der Waals surface area (Å²) in [5.74, 6) is -0.0415. The molecule has 0 unspecified atom stereocenters. The average Bonchev–Trinajstić information content (AvgIpc) is 2.36. The Kier molecular flexibility index (Phi) is 5.90. The van der Waals surface area contributed by atoms with Gasteiger partial charge in [-0.1, -0.05) is 12.1 Å². The molecule has 0 bridgehead atoms. The van der Waals surface area contributed by atoms with E-state index in [1.54, 1.807) is 11.9 Å². The number of nitrogens with zero attached hydrogens (tertiary/aromatic N) is 1. The van der Waals surface area contributed by atoms with Crippen molar-refractivity contribution in [3.05, 3.63) is 29.8 Å². The molecule has 0 spiro atoms. The summed E-state index contributed by atoms with van der Waals surface area (Å²) >= 11 is 0. The van der Waals surface area contributed by atoms with Crippen molar-refractivity contribution in [2.24, 2.45) is 5.73 Å². The van der Waals surface area contributed by atoms with Gasteiger partial charge < -0.3 is 16.0 Å². The third-order valence-corrected chi connectivity index (χ3v) is 3.16. The minimum atomic E-state index is -0.344. The Balaban J connectivity index is 2.60. The molecule has 1 aromatic carbocycles. The zero-order valence-corrected chi connectivity index (χ0v) is 13.3. The summed E-state index contributed by atoms with van der Waals surface area (Å²) in [4.78, 5) is 24.7. The molecule has 0 radical (unpaired) electrons. The fourth-order valence-corrected chi connectivity index (χ4v) is 1.79. The van der Waals surface area contributed by atoms with Crippen LogP contribution in [0.1, 0.15) is 39.2 Å². The molecule has 0 saturated heterocycles. The highest BCUT2D eigenvalue weighted by atomic mass is 16.2. The van der Waals surface area contributed by atoms with E-state index in [0.29, 0.717) is 19.4 Å². The van der Waals surface area contributed by atoms with Gasteiger partial charge >= 0.3 is 0 Å². The summed E-state index contributed by atoms with van der Waals surface area (Å²) < 4.78 is 0. The number of anilines is 1. The van der Waals surface area contributed by atoms with E-state index in [4.69, 9.17) is 5.73 Å². The molecular formula is C16H25N3O2. The van der Waals surface area contributed by atoms with Crippen molar-refractivity contribution in [2.75, 3.05) is 12.4 Å². The van der Waals surface area contributed by atoms with E-state index in [-0.39, 0.29) is 17.4 Å². The Morgan fingerprint density at radius 3 is 2.57 bits per heavy atom. The summed E-state index contributed by atoms with van der Waals surface area (Å²) in [6.07, 6.45) is 1.02. The Morgan fingerprint density at radius 2 is 2.00 bits per heavy atom. The highest BCUT2D eigenvalue weighted by molar-refractivity contribution is 5.90. The van der Waals surface area contributed by atoms with Crippen LogP contribution in [-0.4, -0.2) is 29.3 Å². The molecule has 5 heteroatoms. The van der Waals surface area contributed by atoms with Crippen LogP contribution in [0.5, 0.6) is 0 Å². The average molecular weight is 291 g/mol. The molecule has 0 fully saturated rings. The maximum atomic E-state index is 11.9. The summed E-state index contributed by atoms with van der Waals surface area (Å²) in [6.45, 7) is 5.85. The van der Waals surface area contributed by atoms with E-state index >= 15 is 0 Å². The Hall–Kier alpha value is -1.88. The summed E-state index contributed by atoms with van der Waals surface area (Å²) in [7, 11) is 1.75. The van der Waals surface area contributed by atoms with Gasteiger partial charge in [0.2, 0.25) is 11.8 Å². The number of nitrogens with one attached hydrogen (secondary N) is 1. The number of nitrogens with two attached hydrogens (primary N) is 1. The number of carbonyl (C=O) groups is 2. The van der Waals surface area contributed by atoms with Crippen molar-refractivity contribution in [1.29, 1.82) is 0 Å². The minimum Gasteiger partial charge on any atom is -0.342 e. The van der Waals surface area contributed by atoms with Gasteiger partial charge in [0.15, 0.2) is 0 Å². The fourth-order valence-electron chi connectivity index (χ4n) is 1.79. The first-order chi connectivity index (χ1) is 9.67. The maximum absolute atomic E-state index is 11.9. The van der Waals surface area contributed by atoms with Gasteiger partial charge in [0, 0.05) is 38.2 Å². The molecular weight excluding hydrogens is 266 g/mol. The fraction of sp³-hybridized carbons (Fsp3) is 0.500. The molecule has 0 atom stereocenters. The molecule has 1 rings (SSSR count). The van der Waals surface area contributed by atoms with Gasteiger partial charge in [-0.2, -0.15) is 0 Å². The van der Waals surface area contributed by atoms with Crippen LogP contribution >= 0.6 is 0 Å². The van der Waals surface area contributed by atoms with Crippen LogP contribution in [0.4, 0.5) is 5.69 Å². The molecule has 0 heterocycles. The quantitative estimate of drug-likeness (QED) is 0.843. The zero-order chi connectivity index (χ0) is 16.0. The first-order valence-electron chi connectivity index (χ1n) is 7.07. The molecule has 21 heavy (non-hydrogen) atoms. The van der Waals surface area contributed by atoms with E-state index in [1.165, 1.54) is 6.92 Å². The van der Waals surface area contributed by atoms with Crippen molar-refractivity contribution in [1.82, 2.24) is 4.90 Å². The van der Waals surface area contributed by atoms with Gasteiger partial charge in [0.1, 0.15) is 0 Å². The molecule has 3 N–H and O–H groups in total. The third-order valence-electron chi connectivity index (χ3n) is 3.16. The highest BCUT2D eigenvalue weighted by Crippen LogP contribution is 2.14. The predicted molar refractivity (Wildman–Crippen MR) is 84.7 cm³/mol. The monoisotopic (exact) mass is 291 g/mol. The Morgan fingerprint density at radius 1 is 1.33 bits per heavy atom. The van der Waals surface area contributed by atoms with E-state index < -0.39 is 0 Å². The van der Waals surface area contributed by atoms with E-state index in [1.807, 2.05) is 38.1 Å². The van der Waals surface area contributed by atoms with Crippen molar-refractivity contribution < 1.29 is 9.59 Å². The number of hydrogen-bond acceptors (Lipinski definition) is 3. The zero-order valence-electron chi connectivity index (χ0n) is 13.3. The van der Waals surface area contributed by atoms with Crippen LogP contribution in [-0.2, 0) is 16.1 Å². The van der Waals surface area contributed by atoms with Crippen LogP contribution < -0.4 is 11.1 Å². The van der Waals surface area contributed by atoms with Crippen LogP contribution in [0, 0.1) is 0 Å². The molecule has 0 aliphatic rings. The van der Waals surface area contributed by atoms with Crippen LogP contribution in [0.15, 0.2) is 24.3 Å². The summed E-state index contributed by atoms with van der Waals surface area (Å²) in [5, 5.41) is 2.86. The van der Waals surface area contributed by atoms with Crippen molar-refractivity contribution in [2.45, 2.75) is 45.7 Å². The molecule has 0 saturated carbocycles. The SMILES string of the molecule is CC(=O)N(C)Cc1cccc(NC(=O)CCC(C)(C)N)c1. The van der Waals surface area contributed by atoms with Crippen LogP contribution in [0.2, 0.25) is 0 Å². The van der Waals surface area contributed by atoms with Gasteiger partial charge in [0.05, 0.1) is 0 Å². The maximum Gasteiger partial charge on any atom is 0.224 e. The molecule has 2 amide bonds. The lowest BCUT2D eigenvalue weighted by molar-refractivity contribution is -0.128. The lowest BCUT2D eigenvalue weighted by Crippen LogP contribution is -2.33. The van der Waals surface area contributed by atoms with Crippen molar-refractivity contribution in [3.63, 3.8) is 0 Å². The molecule has 5 nitrogen and oxygen atoms in total. The second kappa shape index (κ2) is 7.22. The molecule has 0 aliphatic carbocycles. The largest absolute Gasteiger partial charge is 0.342 e. The standard InChI is InChI=1S/C16H25N3O2/c1-12(20)19(4)11-13-6-5-7-14(10-13)18-15(21)8-9-16(2,3)17/h5-7,10H,8-9,11,17H2,1-4H3,(H,18,21). The van der Waals surface area contributed by atoms with Gasteiger partial charge in [0.25, 0.3) is 0 Å². The van der Waals surface area contributed by atoms with Crippen LogP contribution in [0.3, 0.4) is 0 Å². The molecule has 116 valence electrons. The summed E-state index contributed by atoms with van der Waals surface area (Å²) in [5.41, 5.74) is 7.24. The van der Waals surface area contributed by atoms with E-state index in [2.05, 4.69) is 5.32 Å². The number of hydrogen-bond donors (Lipinski definition) is 2. The first kappa shape index (κ1) is 17.2. The summed E-state index contributed by atoms with van der Waals surface area (Å²) in [6, 6.07) is 7.51. The third kappa shape index (κ3) is 6.90. The minimum absolute atomic E-state index is 0.00890. The lowest BCUT2D eigenvalue weighted by Gasteiger charge is -2.18. The molecule has 1 aromatic rings. The molecule has 0 aromatic heterocycles. The van der Waals surface area contributed by atoms with Gasteiger partial charge in [-0.25, -0.2) is 0 Å². The predicted octanol–water partition coefficient (Wildman–Crippen LogP) is 2.12. The lowest BCUT2D eigenvalue weighted by atomic mass is 10.00. The first-order valence-corrected chi connectivity index (χ1v) is 7.07. The van der Waals surface area contributed by atoms with Crippen LogP contribution in [0.25, 0.3) is 0 Å². The van der Waals surface area contributed by atoms with Crippen molar-refractivity contribution >= 4 is 17.5 Å². The highest BCUT2D eigenvalue weighted by Gasteiger charge is 2.13. The normalized spacial score (nSPS) is 11.1. The number of amides is 2. The topological polar surface area (TPSA) is 75.4 Å². The Bertz CT molecular complexity index is 506. The number of benzene rings is 1. The second-order valence-electron chi connectivity index (χ2n) is 6.11. The Labute approximate surface area is 126 Å². The number of rotatable bonds is 6. The van der Waals surface area contributed by atoms with Gasteiger partial charge in [-0.05, 0) is 38.0 Å². The van der Waals surface area contributed by atoms with E-state index in [9.17, 15) is 9.59 Å². The second-order valence-corrected chi connectivity index (χ2v) is 6.11. The van der Waals surface area contributed by atoms with Crippen molar-refractivity contribution in [3.8, 4) is 0 Å². The molecule has 0 aliphatic heterocycles. The van der Waals surface area contributed by atoms with Gasteiger partial charge in [-0.15, -0.1) is 0 Å². The van der Waals surface area contributed by atoms with Gasteiger partial charge in [-0.3, -0.25) is 9.59 Å². The van der Waals surface area contributed by atoms with E-state index in [0.717, 1.165) is 11.3 Å². The number of carbonyl (C=O) groups excluding carboxylic acids is 2. The smallest absolute Gasteiger partial charge is 0.224 e.